The summed E-state index contributed by atoms with van der Waals surface area (Å²) >= 11 is 0. The summed E-state index contributed by atoms with van der Waals surface area (Å²) in [7, 11) is 1.63. The molecule has 3 aliphatic heterocycles. The number of hydrogen-bond donors (Lipinski definition) is 0. The highest BCUT2D eigenvalue weighted by molar-refractivity contribution is 6.36. The molecule has 4 rings (SSSR count). The first-order valence-corrected chi connectivity index (χ1v) is 11.5. The molecule has 33 heavy (non-hydrogen) atoms. The van der Waals surface area contributed by atoms with Crippen LogP contribution in [0.3, 0.4) is 0 Å². The molecule has 10 heteroatoms. The minimum Gasteiger partial charge on any atom is -0.443 e. The second-order valence-corrected chi connectivity index (χ2v) is 10.1. The van der Waals surface area contributed by atoms with Crippen molar-refractivity contribution >= 4 is 17.8 Å². The Hall–Kier alpha value is -2.17. The zero-order chi connectivity index (χ0) is 24.0. The fourth-order valence-corrected chi connectivity index (χ4v) is 5.52. The molecule has 0 bridgehead atoms. The average Bonchev–Trinajstić information content (AvgIpc) is 3.66. The smallest absolute Gasteiger partial charge is 0.410 e. The third-order valence-electron chi connectivity index (χ3n) is 7.50. The summed E-state index contributed by atoms with van der Waals surface area (Å²) in [6.07, 6.45) is 3.10. The van der Waals surface area contributed by atoms with Crippen LogP contribution < -0.4 is 0 Å². The Labute approximate surface area is 192 Å². The second-order valence-electron chi connectivity index (χ2n) is 10.1. The Morgan fingerprint density at radius 1 is 1.24 bits per heavy atom. The summed E-state index contributed by atoms with van der Waals surface area (Å²) in [5.41, 5.74) is 0.542. The van der Waals surface area contributed by atoms with Crippen LogP contribution in [0.1, 0.15) is 46.5 Å². The van der Waals surface area contributed by atoms with Crippen LogP contribution in [0.15, 0.2) is 16.8 Å². The van der Waals surface area contributed by atoms with Gasteiger partial charge >= 0.3 is 12.0 Å². The molecule has 0 aromatic carbocycles. The van der Waals surface area contributed by atoms with Gasteiger partial charge in [-0.3, -0.25) is 9.59 Å². The van der Waals surface area contributed by atoms with Crippen molar-refractivity contribution < 1.29 is 33.3 Å². The first-order chi connectivity index (χ1) is 15.6. The van der Waals surface area contributed by atoms with E-state index in [1.807, 2.05) is 0 Å². The minimum atomic E-state index is -1.28. The average molecular weight is 465 g/mol. The van der Waals surface area contributed by atoms with Gasteiger partial charge < -0.3 is 23.8 Å². The largest absolute Gasteiger partial charge is 0.443 e. The molecule has 0 aromatic heterocycles. The van der Waals surface area contributed by atoms with E-state index in [1.54, 1.807) is 7.11 Å². The lowest BCUT2D eigenvalue weighted by atomic mass is 9.68. The number of carbonyl (C=O) groups excluding carboxylic acids is 3. The summed E-state index contributed by atoms with van der Waals surface area (Å²) in [6, 6.07) is 0. The van der Waals surface area contributed by atoms with Crippen LogP contribution in [0.25, 0.3) is 0 Å². The van der Waals surface area contributed by atoms with Crippen molar-refractivity contribution in [2.75, 3.05) is 26.8 Å². The van der Waals surface area contributed by atoms with Gasteiger partial charge in [-0.25, -0.2) is 4.79 Å². The molecule has 182 valence electrons. The van der Waals surface area contributed by atoms with Crippen molar-refractivity contribution in [3.63, 3.8) is 0 Å². The predicted molar refractivity (Wildman–Crippen MR) is 115 cm³/mol. The van der Waals surface area contributed by atoms with Crippen molar-refractivity contribution in [2.45, 2.75) is 76.0 Å². The molecule has 0 radical (unpaired) electrons. The SMILES string of the molecule is CO[C@@H]1[C@H](OC(=O)N2CC(CC(=O)C(=O)N=O)C2)CC[C@]2(CO2)[C@H]1[C@@]1(C)OC1CC=C(C)C. The lowest BCUT2D eigenvalue weighted by Crippen LogP contribution is -2.57. The standard InChI is InChI=1S/C23H32N2O8/c1-13(2)5-6-17-22(3,33-17)19-18(30-4)16(7-8-23(19)12-31-23)32-21(28)25-10-14(11-25)9-15(26)20(27)24-29/h5,14,16-19H,6-12H2,1-4H3/t16-,17?,18-,19-,22+,23+/m1/s1. The molecule has 2 amide bonds. The molecule has 3 saturated heterocycles. The molecule has 1 unspecified atom stereocenters. The Balaban J connectivity index is 1.36. The molecule has 6 atom stereocenters. The highest BCUT2D eigenvalue weighted by atomic mass is 16.6. The van der Waals surface area contributed by atoms with Gasteiger partial charge in [0.1, 0.15) is 23.4 Å². The van der Waals surface area contributed by atoms with Gasteiger partial charge in [0.2, 0.25) is 5.78 Å². The highest BCUT2D eigenvalue weighted by Gasteiger charge is 2.72. The molecule has 10 nitrogen and oxygen atoms in total. The van der Waals surface area contributed by atoms with Crippen LogP contribution in [0.2, 0.25) is 0 Å². The Morgan fingerprint density at radius 3 is 2.52 bits per heavy atom. The van der Waals surface area contributed by atoms with Gasteiger partial charge in [-0.15, -0.1) is 4.91 Å². The van der Waals surface area contributed by atoms with E-state index >= 15 is 0 Å². The van der Waals surface area contributed by atoms with E-state index in [1.165, 1.54) is 10.5 Å². The Kier molecular flexibility index (Phi) is 6.45. The lowest BCUT2D eigenvalue weighted by molar-refractivity contribution is -0.137. The zero-order valence-electron chi connectivity index (χ0n) is 19.6. The van der Waals surface area contributed by atoms with Crippen LogP contribution in [-0.2, 0) is 28.5 Å². The summed E-state index contributed by atoms with van der Waals surface area (Å²) < 4.78 is 23.8. The van der Waals surface area contributed by atoms with E-state index in [0.717, 1.165) is 12.8 Å². The minimum absolute atomic E-state index is 0.0549. The van der Waals surface area contributed by atoms with E-state index in [4.69, 9.17) is 18.9 Å². The number of allylic oxidation sites excluding steroid dienone is 1. The molecule has 4 aliphatic rings. The molecular weight excluding hydrogens is 432 g/mol. The molecule has 1 saturated carbocycles. The van der Waals surface area contributed by atoms with Gasteiger partial charge in [0, 0.05) is 37.7 Å². The number of nitroso groups, excluding NO2 is 1. The van der Waals surface area contributed by atoms with E-state index in [2.05, 4.69) is 32.0 Å². The lowest BCUT2D eigenvalue weighted by Gasteiger charge is -2.44. The summed E-state index contributed by atoms with van der Waals surface area (Å²) in [6.45, 7) is 7.46. The zero-order valence-corrected chi connectivity index (χ0v) is 19.6. The molecular formula is C23H32N2O8. The molecule has 0 N–H and O–H groups in total. The summed E-state index contributed by atoms with van der Waals surface area (Å²) in [4.78, 5) is 47.0. The molecule has 4 fully saturated rings. The summed E-state index contributed by atoms with van der Waals surface area (Å²) in [5, 5.41) is 2.14. The number of Topliss-reactive ketones (excluding diaryl/α,β-unsaturated/α-hetero) is 1. The monoisotopic (exact) mass is 464 g/mol. The van der Waals surface area contributed by atoms with Crippen molar-refractivity contribution in [1.82, 2.24) is 4.90 Å². The van der Waals surface area contributed by atoms with Gasteiger partial charge in [-0.1, -0.05) is 11.6 Å². The maximum Gasteiger partial charge on any atom is 0.410 e. The first-order valence-electron chi connectivity index (χ1n) is 11.5. The van der Waals surface area contributed by atoms with Crippen LogP contribution in [0.5, 0.6) is 0 Å². The maximum atomic E-state index is 12.7. The number of amides is 2. The number of rotatable bonds is 8. The predicted octanol–water partition coefficient (Wildman–Crippen LogP) is 2.38. The fourth-order valence-electron chi connectivity index (χ4n) is 5.52. The number of hydrogen-bond acceptors (Lipinski definition) is 8. The van der Waals surface area contributed by atoms with Crippen LogP contribution in [0, 0.1) is 16.7 Å². The van der Waals surface area contributed by atoms with Gasteiger partial charge in [-0.05, 0) is 40.0 Å². The second kappa shape index (κ2) is 8.88. The third-order valence-corrected chi connectivity index (χ3v) is 7.50. The fraction of sp³-hybridized carbons (Fsp3) is 0.783. The first kappa shape index (κ1) is 24.0. The molecule has 1 spiro atoms. The van der Waals surface area contributed by atoms with Gasteiger partial charge in [0.05, 0.1) is 18.6 Å². The number of methoxy groups -OCH3 is 1. The van der Waals surface area contributed by atoms with Crippen LogP contribution in [0.4, 0.5) is 4.79 Å². The van der Waals surface area contributed by atoms with E-state index in [0.29, 0.717) is 26.1 Å². The third kappa shape index (κ3) is 4.61. The van der Waals surface area contributed by atoms with Gasteiger partial charge in [0.25, 0.3) is 0 Å². The Bertz CT molecular complexity index is 859. The van der Waals surface area contributed by atoms with Crippen molar-refractivity contribution in [1.29, 1.82) is 0 Å². The van der Waals surface area contributed by atoms with Crippen molar-refractivity contribution in [3.8, 4) is 0 Å². The van der Waals surface area contributed by atoms with Crippen molar-refractivity contribution in [3.05, 3.63) is 16.6 Å². The van der Waals surface area contributed by atoms with Crippen LogP contribution in [-0.4, -0.2) is 79.0 Å². The maximum absolute atomic E-state index is 12.7. The number of ketones is 1. The van der Waals surface area contributed by atoms with Gasteiger partial charge in [-0.2, -0.15) is 0 Å². The molecule has 0 aromatic rings. The van der Waals surface area contributed by atoms with E-state index in [-0.39, 0.29) is 36.1 Å². The topological polar surface area (TPSA) is 127 Å². The number of carbonyl (C=O) groups is 3. The number of nitrogens with zero attached hydrogens (tertiary/aromatic N) is 2. The van der Waals surface area contributed by atoms with E-state index in [9.17, 15) is 19.3 Å². The van der Waals surface area contributed by atoms with Crippen molar-refractivity contribution in [2.24, 2.45) is 17.0 Å². The number of epoxide rings is 2. The number of likely N-dealkylation sites (tertiary alicyclic amines) is 1. The molecule has 1 aliphatic carbocycles. The van der Waals surface area contributed by atoms with E-state index < -0.39 is 29.5 Å². The Morgan fingerprint density at radius 2 is 1.94 bits per heavy atom. The van der Waals surface area contributed by atoms with Crippen LogP contribution >= 0.6 is 0 Å². The normalized spacial score (nSPS) is 37.2. The summed E-state index contributed by atoms with van der Waals surface area (Å²) in [5.74, 6) is -2.33. The highest BCUT2D eigenvalue weighted by Crippen LogP contribution is 2.59. The van der Waals surface area contributed by atoms with Gasteiger partial charge in [0.15, 0.2) is 0 Å². The molecule has 3 heterocycles. The quantitative estimate of drug-likeness (QED) is 0.232. The number of ether oxygens (including phenoxy) is 4.